The number of hydrogen-bond acceptors (Lipinski definition) is 3. The van der Waals surface area contributed by atoms with Crippen molar-refractivity contribution in [2.45, 2.75) is 58.2 Å². The first kappa shape index (κ1) is 19.2. The summed E-state index contributed by atoms with van der Waals surface area (Å²) in [5.41, 5.74) is 12.4. The van der Waals surface area contributed by atoms with Crippen molar-refractivity contribution in [2.24, 2.45) is 5.73 Å². The molecule has 1 aromatic heterocycles. The van der Waals surface area contributed by atoms with Gasteiger partial charge in [0.15, 0.2) is 0 Å². The zero-order valence-corrected chi connectivity index (χ0v) is 17.4. The third-order valence-corrected chi connectivity index (χ3v) is 6.25. The minimum atomic E-state index is 0.340. The summed E-state index contributed by atoms with van der Waals surface area (Å²) in [6.07, 6.45) is 6.33. The van der Waals surface area contributed by atoms with Gasteiger partial charge in [-0.05, 0) is 74.9 Å². The number of aromatic nitrogens is 1. The van der Waals surface area contributed by atoms with Crippen molar-refractivity contribution in [3.8, 4) is 0 Å². The molecule has 0 aliphatic heterocycles. The summed E-state index contributed by atoms with van der Waals surface area (Å²) in [7, 11) is 0. The van der Waals surface area contributed by atoms with E-state index in [2.05, 4.69) is 54.1 Å². The van der Waals surface area contributed by atoms with Crippen LogP contribution in [-0.4, -0.2) is 17.1 Å². The average molecular weight is 394 g/mol. The van der Waals surface area contributed by atoms with Gasteiger partial charge in [-0.15, -0.1) is 0 Å². The third-order valence-electron chi connectivity index (χ3n) is 6.01. The van der Waals surface area contributed by atoms with Gasteiger partial charge in [0, 0.05) is 40.9 Å². The van der Waals surface area contributed by atoms with Crippen LogP contribution in [0.15, 0.2) is 48.7 Å². The number of pyridine rings is 1. The Morgan fingerprint density at radius 2 is 1.82 bits per heavy atom. The van der Waals surface area contributed by atoms with Crippen molar-refractivity contribution in [1.82, 2.24) is 4.98 Å². The molecule has 0 saturated heterocycles. The maximum Gasteiger partial charge on any atom is 0.0737 e. The number of hydrogen-bond donors (Lipinski definition) is 1. The monoisotopic (exact) mass is 393 g/mol. The summed E-state index contributed by atoms with van der Waals surface area (Å²) in [4.78, 5) is 7.12. The average Bonchev–Trinajstić information content (AvgIpc) is 2.68. The molecular weight excluding hydrogens is 366 g/mol. The van der Waals surface area contributed by atoms with Crippen LogP contribution in [-0.2, 0) is 6.54 Å². The van der Waals surface area contributed by atoms with Crippen molar-refractivity contribution in [2.75, 3.05) is 4.90 Å². The molecule has 28 heavy (non-hydrogen) atoms. The first-order valence-corrected chi connectivity index (χ1v) is 10.5. The summed E-state index contributed by atoms with van der Waals surface area (Å²) in [5.74, 6) is 0. The number of fused-ring (bicyclic) bond motifs is 1. The number of aryl methyl sites for hydroxylation is 2. The Labute approximate surface area is 172 Å². The molecule has 0 unspecified atom stereocenters. The van der Waals surface area contributed by atoms with Crippen LogP contribution in [0.25, 0.3) is 10.9 Å². The summed E-state index contributed by atoms with van der Waals surface area (Å²) < 4.78 is 0. The molecule has 3 aromatic rings. The molecular formula is C24H28ClN3. The maximum absolute atomic E-state index is 6.21. The van der Waals surface area contributed by atoms with Crippen LogP contribution in [0.3, 0.4) is 0 Å². The summed E-state index contributed by atoms with van der Waals surface area (Å²) in [6, 6.07) is 15.7. The first-order valence-electron chi connectivity index (χ1n) is 10.1. The van der Waals surface area contributed by atoms with Crippen LogP contribution in [0.4, 0.5) is 5.69 Å². The highest BCUT2D eigenvalue weighted by molar-refractivity contribution is 6.31. The van der Waals surface area contributed by atoms with E-state index in [1.807, 2.05) is 18.3 Å². The van der Waals surface area contributed by atoms with Gasteiger partial charge in [0.2, 0.25) is 0 Å². The summed E-state index contributed by atoms with van der Waals surface area (Å²) >= 11 is 6.21. The van der Waals surface area contributed by atoms with Crippen LogP contribution in [0.1, 0.15) is 42.4 Å². The molecule has 1 aliphatic rings. The molecule has 0 atom stereocenters. The molecule has 4 heteroatoms. The predicted octanol–water partition coefficient (Wildman–Crippen LogP) is 5.78. The Morgan fingerprint density at radius 3 is 2.57 bits per heavy atom. The van der Waals surface area contributed by atoms with Crippen LogP contribution >= 0.6 is 11.6 Å². The van der Waals surface area contributed by atoms with Crippen LogP contribution in [0.2, 0.25) is 5.02 Å². The van der Waals surface area contributed by atoms with Gasteiger partial charge in [0.1, 0.15) is 0 Å². The van der Waals surface area contributed by atoms with E-state index >= 15 is 0 Å². The van der Waals surface area contributed by atoms with Crippen molar-refractivity contribution in [3.05, 3.63) is 70.4 Å². The number of halogens is 1. The van der Waals surface area contributed by atoms with Crippen molar-refractivity contribution < 1.29 is 0 Å². The highest BCUT2D eigenvalue weighted by Crippen LogP contribution is 2.34. The van der Waals surface area contributed by atoms with Crippen LogP contribution in [0, 0.1) is 13.8 Å². The minimum absolute atomic E-state index is 0.340. The number of nitrogens with zero attached hydrogens (tertiary/aromatic N) is 2. The van der Waals surface area contributed by atoms with Crippen LogP contribution < -0.4 is 10.6 Å². The molecule has 1 fully saturated rings. The molecule has 0 radical (unpaired) electrons. The van der Waals surface area contributed by atoms with E-state index in [4.69, 9.17) is 17.3 Å². The minimum Gasteiger partial charge on any atom is -0.364 e. The topological polar surface area (TPSA) is 42.2 Å². The first-order chi connectivity index (χ1) is 13.5. The largest absolute Gasteiger partial charge is 0.364 e. The fourth-order valence-electron chi connectivity index (χ4n) is 4.39. The van der Waals surface area contributed by atoms with E-state index in [0.717, 1.165) is 48.2 Å². The number of anilines is 1. The fraction of sp³-hybridized carbons (Fsp3) is 0.375. The van der Waals surface area contributed by atoms with E-state index in [0.29, 0.717) is 12.1 Å². The quantitative estimate of drug-likeness (QED) is 0.610. The Morgan fingerprint density at radius 1 is 1.04 bits per heavy atom. The molecule has 2 N–H and O–H groups in total. The zero-order valence-electron chi connectivity index (χ0n) is 16.7. The molecule has 0 amide bonds. The lowest BCUT2D eigenvalue weighted by Gasteiger charge is -2.38. The smallest absolute Gasteiger partial charge is 0.0737 e. The Bertz CT molecular complexity index is 977. The lowest BCUT2D eigenvalue weighted by molar-refractivity contribution is 0.374. The van der Waals surface area contributed by atoms with Gasteiger partial charge in [-0.25, -0.2) is 0 Å². The van der Waals surface area contributed by atoms with Gasteiger partial charge < -0.3 is 10.6 Å². The molecule has 146 valence electrons. The lowest BCUT2D eigenvalue weighted by Crippen LogP contribution is -2.41. The molecule has 4 rings (SSSR count). The zero-order chi connectivity index (χ0) is 19.7. The predicted molar refractivity (Wildman–Crippen MR) is 119 cm³/mol. The Hall–Kier alpha value is -2.10. The van der Waals surface area contributed by atoms with E-state index < -0.39 is 0 Å². The second kappa shape index (κ2) is 8.10. The van der Waals surface area contributed by atoms with Gasteiger partial charge in [-0.2, -0.15) is 0 Å². The van der Waals surface area contributed by atoms with Crippen LogP contribution in [0.5, 0.6) is 0 Å². The standard InChI is InChI=1S/C24H28ClN3/c1-16-3-4-18(17(2)13-16)15-28(21-8-6-20(26)7-9-21)24-11-12-27-23-14-19(25)5-10-22(23)24/h3-5,10-14,20-21H,6-9,15,26H2,1-2H3. The SMILES string of the molecule is Cc1ccc(CN(c2ccnc3cc(Cl)ccc23)C2CCC(N)CC2)c(C)c1. The molecule has 0 spiro atoms. The van der Waals surface area contributed by atoms with Gasteiger partial charge in [-0.1, -0.05) is 35.4 Å². The van der Waals surface area contributed by atoms with E-state index in [-0.39, 0.29) is 0 Å². The molecule has 1 aliphatic carbocycles. The van der Waals surface area contributed by atoms with Gasteiger partial charge >= 0.3 is 0 Å². The highest BCUT2D eigenvalue weighted by atomic mass is 35.5. The normalized spacial score (nSPS) is 19.7. The second-order valence-electron chi connectivity index (χ2n) is 8.12. The highest BCUT2D eigenvalue weighted by Gasteiger charge is 2.26. The lowest BCUT2D eigenvalue weighted by atomic mass is 9.89. The molecule has 1 saturated carbocycles. The number of benzene rings is 2. The van der Waals surface area contributed by atoms with Gasteiger partial charge in [-0.3, -0.25) is 4.98 Å². The fourth-order valence-corrected chi connectivity index (χ4v) is 4.55. The molecule has 1 heterocycles. The number of nitrogens with two attached hydrogens (primary N) is 1. The van der Waals surface area contributed by atoms with E-state index in [9.17, 15) is 0 Å². The summed E-state index contributed by atoms with van der Waals surface area (Å²) in [6.45, 7) is 5.26. The maximum atomic E-state index is 6.21. The third kappa shape index (κ3) is 4.01. The molecule has 2 aromatic carbocycles. The van der Waals surface area contributed by atoms with Gasteiger partial charge in [0.05, 0.1) is 5.52 Å². The number of rotatable bonds is 4. The van der Waals surface area contributed by atoms with Crippen molar-refractivity contribution >= 4 is 28.2 Å². The second-order valence-corrected chi connectivity index (χ2v) is 8.55. The van der Waals surface area contributed by atoms with Crippen molar-refractivity contribution in [3.63, 3.8) is 0 Å². The molecule has 0 bridgehead atoms. The van der Waals surface area contributed by atoms with Gasteiger partial charge in [0.25, 0.3) is 0 Å². The van der Waals surface area contributed by atoms with E-state index in [1.165, 1.54) is 22.4 Å². The van der Waals surface area contributed by atoms with Crippen molar-refractivity contribution in [1.29, 1.82) is 0 Å². The Kier molecular flexibility index (Phi) is 5.56. The Balaban J connectivity index is 1.77. The summed E-state index contributed by atoms with van der Waals surface area (Å²) in [5, 5.41) is 1.88. The molecule has 3 nitrogen and oxygen atoms in total. The van der Waals surface area contributed by atoms with E-state index in [1.54, 1.807) is 0 Å².